The number of benzene rings is 2. The molecular weight excluding hydrogens is 324 g/mol. The fourth-order valence-corrected chi connectivity index (χ4v) is 3.27. The number of ether oxygens (including phenoxy) is 1. The Morgan fingerprint density at radius 1 is 1.08 bits per heavy atom. The van der Waals surface area contributed by atoms with Gasteiger partial charge in [-0.05, 0) is 30.7 Å². The lowest BCUT2D eigenvalue weighted by Gasteiger charge is -2.17. The Morgan fingerprint density at radius 3 is 2.29 bits per heavy atom. The maximum absolute atomic E-state index is 12.1. The summed E-state index contributed by atoms with van der Waals surface area (Å²) in [5.74, 6) is 0.852. The highest BCUT2D eigenvalue weighted by Gasteiger charge is 2.17. The van der Waals surface area contributed by atoms with E-state index >= 15 is 0 Å². The van der Waals surface area contributed by atoms with Crippen LogP contribution in [0.15, 0.2) is 53.4 Å². The maximum Gasteiger partial charge on any atom is 0.242 e. The van der Waals surface area contributed by atoms with E-state index in [2.05, 4.69) is 5.32 Å². The zero-order chi connectivity index (χ0) is 17.7. The standard InChI is InChI=1S/C18H24N2O3S/c1-14(19-13-16-7-5-6-8-18(16)23-4)15-9-11-17(12-10-15)24(21,22)20(2)3/h5-12,14,19H,13H2,1-4H3. The van der Waals surface area contributed by atoms with Gasteiger partial charge in [-0.3, -0.25) is 0 Å². The van der Waals surface area contributed by atoms with Gasteiger partial charge >= 0.3 is 0 Å². The lowest BCUT2D eigenvalue weighted by Crippen LogP contribution is -2.22. The molecule has 0 bridgehead atoms. The number of para-hydroxylation sites is 1. The quantitative estimate of drug-likeness (QED) is 0.836. The fourth-order valence-electron chi connectivity index (χ4n) is 2.37. The molecule has 6 heteroatoms. The first-order chi connectivity index (χ1) is 11.4. The van der Waals surface area contributed by atoms with Gasteiger partial charge in [-0.1, -0.05) is 30.3 Å². The summed E-state index contributed by atoms with van der Waals surface area (Å²) in [5.41, 5.74) is 2.11. The van der Waals surface area contributed by atoms with Crippen LogP contribution in [0.25, 0.3) is 0 Å². The van der Waals surface area contributed by atoms with Crippen molar-refractivity contribution in [3.05, 3.63) is 59.7 Å². The van der Waals surface area contributed by atoms with Crippen molar-refractivity contribution in [1.29, 1.82) is 0 Å². The van der Waals surface area contributed by atoms with Gasteiger partial charge in [0, 0.05) is 32.2 Å². The van der Waals surface area contributed by atoms with Gasteiger partial charge in [0.1, 0.15) is 5.75 Å². The van der Waals surface area contributed by atoms with Gasteiger partial charge in [0.15, 0.2) is 0 Å². The molecular formula is C18H24N2O3S. The van der Waals surface area contributed by atoms with E-state index in [1.807, 2.05) is 43.3 Å². The number of nitrogens with one attached hydrogen (secondary N) is 1. The number of hydrogen-bond acceptors (Lipinski definition) is 4. The number of nitrogens with zero attached hydrogens (tertiary/aromatic N) is 1. The second-order valence-corrected chi connectivity index (χ2v) is 7.92. The molecule has 1 atom stereocenters. The third kappa shape index (κ3) is 4.14. The number of methoxy groups -OCH3 is 1. The van der Waals surface area contributed by atoms with E-state index in [-0.39, 0.29) is 6.04 Å². The second kappa shape index (κ2) is 7.79. The van der Waals surface area contributed by atoms with E-state index in [9.17, 15) is 8.42 Å². The molecule has 2 aromatic rings. The minimum absolute atomic E-state index is 0.0889. The molecule has 5 nitrogen and oxygen atoms in total. The molecule has 0 fully saturated rings. The van der Waals surface area contributed by atoms with Crippen molar-refractivity contribution in [1.82, 2.24) is 9.62 Å². The van der Waals surface area contributed by atoms with Crippen LogP contribution < -0.4 is 10.1 Å². The van der Waals surface area contributed by atoms with E-state index in [4.69, 9.17) is 4.74 Å². The Kier molecular flexibility index (Phi) is 5.99. The normalized spacial score (nSPS) is 13.0. The second-order valence-electron chi connectivity index (χ2n) is 5.77. The molecule has 0 saturated heterocycles. The summed E-state index contributed by atoms with van der Waals surface area (Å²) in [6, 6.07) is 14.9. The molecule has 0 radical (unpaired) electrons. The summed E-state index contributed by atoms with van der Waals surface area (Å²) in [7, 11) is 1.33. The monoisotopic (exact) mass is 348 g/mol. The van der Waals surface area contributed by atoms with E-state index in [1.54, 1.807) is 19.2 Å². The Bertz CT molecular complexity index is 771. The summed E-state index contributed by atoms with van der Waals surface area (Å²) < 4.78 is 30.7. The molecule has 0 aliphatic heterocycles. The summed E-state index contributed by atoms with van der Waals surface area (Å²) in [4.78, 5) is 0.299. The van der Waals surface area contributed by atoms with E-state index in [0.29, 0.717) is 11.4 Å². The molecule has 0 heterocycles. The lowest BCUT2D eigenvalue weighted by molar-refractivity contribution is 0.406. The van der Waals surface area contributed by atoms with Crippen LogP contribution in [-0.2, 0) is 16.6 Å². The van der Waals surface area contributed by atoms with E-state index in [0.717, 1.165) is 16.9 Å². The summed E-state index contributed by atoms with van der Waals surface area (Å²) >= 11 is 0. The molecule has 2 aromatic carbocycles. The average Bonchev–Trinajstić information content (AvgIpc) is 2.59. The smallest absolute Gasteiger partial charge is 0.242 e. The largest absolute Gasteiger partial charge is 0.496 e. The Labute approximate surface area is 144 Å². The van der Waals surface area contributed by atoms with Crippen molar-refractivity contribution < 1.29 is 13.2 Å². The van der Waals surface area contributed by atoms with Crippen LogP contribution >= 0.6 is 0 Å². The Balaban J connectivity index is 2.07. The highest BCUT2D eigenvalue weighted by molar-refractivity contribution is 7.89. The minimum Gasteiger partial charge on any atom is -0.496 e. The van der Waals surface area contributed by atoms with Gasteiger partial charge < -0.3 is 10.1 Å². The molecule has 24 heavy (non-hydrogen) atoms. The predicted octanol–water partition coefficient (Wildman–Crippen LogP) is 2.80. The van der Waals surface area contributed by atoms with Crippen LogP contribution in [0.4, 0.5) is 0 Å². The first kappa shape index (κ1) is 18.4. The molecule has 0 aliphatic rings. The molecule has 0 spiro atoms. The third-order valence-electron chi connectivity index (χ3n) is 3.95. The van der Waals surface area contributed by atoms with Crippen LogP contribution in [0, 0.1) is 0 Å². The van der Waals surface area contributed by atoms with Crippen LogP contribution in [-0.4, -0.2) is 33.9 Å². The molecule has 0 amide bonds. The maximum atomic E-state index is 12.1. The zero-order valence-electron chi connectivity index (χ0n) is 14.5. The van der Waals surface area contributed by atoms with Crippen molar-refractivity contribution in [2.75, 3.05) is 21.2 Å². The Morgan fingerprint density at radius 2 is 1.71 bits per heavy atom. The van der Waals surface area contributed by atoms with Gasteiger partial charge in [-0.15, -0.1) is 0 Å². The predicted molar refractivity (Wildman–Crippen MR) is 95.6 cm³/mol. The van der Waals surface area contributed by atoms with Gasteiger partial charge in [-0.2, -0.15) is 0 Å². The van der Waals surface area contributed by atoms with Crippen molar-refractivity contribution in [2.24, 2.45) is 0 Å². The molecule has 0 aliphatic carbocycles. The molecule has 0 aromatic heterocycles. The van der Waals surface area contributed by atoms with Gasteiger partial charge in [-0.25, -0.2) is 12.7 Å². The highest BCUT2D eigenvalue weighted by Crippen LogP contribution is 2.21. The van der Waals surface area contributed by atoms with Gasteiger partial charge in [0.2, 0.25) is 10.0 Å². The molecule has 1 N–H and O–H groups in total. The zero-order valence-corrected chi connectivity index (χ0v) is 15.3. The van der Waals surface area contributed by atoms with Crippen molar-refractivity contribution >= 4 is 10.0 Å². The molecule has 0 saturated carbocycles. The first-order valence-electron chi connectivity index (χ1n) is 7.74. The van der Waals surface area contributed by atoms with Crippen molar-refractivity contribution in [3.8, 4) is 5.75 Å². The SMILES string of the molecule is COc1ccccc1CNC(C)c1ccc(S(=O)(=O)N(C)C)cc1. The molecule has 1 unspecified atom stereocenters. The van der Waals surface area contributed by atoms with Crippen LogP contribution in [0.1, 0.15) is 24.1 Å². The number of rotatable bonds is 7. The number of hydrogen-bond donors (Lipinski definition) is 1. The average molecular weight is 348 g/mol. The minimum atomic E-state index is -3.39. The van der Waals surface area contributed by atoms with Gasteiger partial charge in [0.25, 0.3) is 0 Å². The fraction of sp³-hybridized carbons (Fsp3) is 0.333. The third-order valence-corrected chi connectivity index (χ3v) is 5.78. The summed E-state index contributed by atoms with van der Waals surface area (Å²) in [6.45, 7) is 2.72. The molecule has 2 rings (SSSR count). The Hall–Kier alpha value is -1.89. The van der Waals surface area contributed by atoms with Gasteiger partial charge in [0.05, 0.1) is 12.0 Å². The first-order valence-corrected chi connectivity index (χ1v) is 9.18. The molecule has 130 valence electrons. The van der Waals surface area contributed by atoms with Crippen molar-refractivity contribution in [2.45, 2.75) is 24.4 Å². The number of sulfonamides is 1. The lowest BCUT2D eigenvalue weighted by atomic mass is 10.1. The topological polar surface area (TPSA) is 58.6 Å². The summed E-state index contributed by atoms with van der Waals surface area (Å²) in [6.07, 6.45) is 0. The summed E-state index contributed by atoms with van der Waals surface area (Å²) in [5, 5.41) is 3.43. The van der Waals surface area contributed by atoms with Crippen molar-refractivity contribution in [3.63, 3.8) is 0 Å². The van der Waals surface area contributed by atoms with Crippen LogP contribution in [0.3, 0.4) is 0 Å². The highest BCUT2D eigenvalue weighted by atomic mass is 32.2. The van der Waals surface area contributed by atoms with Crippen LogP contribution in [0.2, 0.25) is 0 Å². The van der Waals surface area contributed by atoms with E-state index < -0.39 is 10.0 Å². The van der Waals surface area contributed by atoms with E-state index in [1.165, 1.54) is 18.4 Å². The van der Waals surface area contributed by atoms with Crippen LogP contribution in [0.5, 0.6) is 5.75 Å².